The zero-order valence-corrected chi connectivity index (χ0v) is 20.2. The van der Waals surface area contributed by atoms with Gasteiger partial charge in [0, 0.05) is 35.0 Å². The van der Waals surface area contributed by atoms with Crippen molar-refractivity contribution < 1.29 is 28.8 Å². The van der Waals surface area contributed by atoms with E-state index in [1.165, 1.54) is 25.3 Å². The van der Waals surface area contributed by atoms with Gasteiger partial charge in [0.15, 0.2) is 5.78 Å². The molecule has 0 bridgehead atoms. The van der Waals surface area contributed by atoms with Crippen molar-refractivity contribution in [2.24, 2.45) is 11.8 Å². The van der Waals surface area contributed by atoms with E-state index < -0.39 is 34.5 Å². The second kappa shape index (κ2) is 10.0. The van der Waals surface area contributed by atoms with Gasteiger partial charge in [-0.3, -0.25) is 19.7 Å². The lowest BCUT2D eigenvalue weighted by Crippen LogP contribution is -2.43. The molecule has 0 aromatic heterocycles. The summed E-state index contributed by atoms with van der Waals surface area (Å²) < 4.78 is 10.8. The third-order valence-corrected chi connectivity index (χ3v) is 7.20. The molecule has 1 aromatic carbocycles. The number of nitrogens with zero attached hydrogens (tertiary/aromatic N) is 1. The number of carbonyl (C=O) groups is 3. The van der Waals surface area contributed by atoms with E-state index in [-0.39, 0.29) is 28.9 Å². The maximum Gasteiger partial charge on any atom is 0.337 e. The van der Waals surface area contributed by atoms with E-state index in [4.69, 9.17) is 9.47 Å². The predicted octanol–water partition coefficient (Wildman–Crippen LogP) is 4.08. The molecule has 9 nitrogen and oxygen atoms in total. The van der Waals surface area contributed by atoms with Crippen LogP contribution in [0.4, 0.5) is 5.69 Å². The van der Waals surface area contributed by atoms with Crippen LogP contribution in [-0.2, 0) is 23.9 Å². The van der Waals surface area contributed by atoms with Gasteiger partial charge in [-0.1, -0.05) is 25.5 Å². The Morgan fingerprint density at radius 3 is 2.54 bits per heavy atom. The Hall–Kier alpha value is -3.49. The molecule has 3 atom stereocenters. The van der Waals surface area contributed by atoms with Crippen molar-refractivity contribution in [1.82, 2.24) is 5.32 Å². The summed E-state index contributed by atoms with van der Waals surface area (Å²) in [6.07, 6.45) is 4.82. The van der Waals surface area contributed by atoms with Crippen molar-refractivity contribution in [3.63, 3.8) is 0 Å². The van der Waals surface area contributed by atoms with Gasteiger partial charge < -0.3 is 14.8 Å². The monoisotopic (exact) mass is 482 g/mol. The lowest BCUT2D eigenvalue weighted by Gasteiger charge is -2.38. The third kappa shape index (κ3) is 4.72. The lowest BCUT2D eigenvalue weighted by molar-refractivity contribution is -0.384. The molecular weight excluding hydrogens is 452 g/mol. The largest absolute Gasteiger partial charge is 0.468 e. The predicted molar refractivity (Wildman–Crippen MR) is 126 cm³/mol. The van der Waals surface area contributed by atoms with Gasteiger partial charge in [-0.25, -0.2) is 4.79 Å². The summed E-state index contributed by atoms with van der Waals surface area (Å²) in [4.78, 5) is 50.7. The lowest BCUT2D eigenvalue weighted by atomic mass is 9.69. The number of ketones is 1. The molecule has 2 aliphatic carbocycles. The van der Waals surface area contributed by atoms with Crippen LogP contribution < -0.4 is 5.32 Å². The summed E-state index contributed by atoms with van der Waals surface area (Å²) in [7, 11) is 1.24. The van der Waals surface area contributed by atoms with Crippen LogP contribution in [0.2, 0.25) is 0 Å². The minimum Gasteiger partial charge on any atom is -0.468 e. The number of benzene rings is 1. The van der Waals surface area contributed by atoms with E-state index in [2.05, 4.69) is 5.32 Å². The molecule has 3 unspecified atom stereocenters. The van der Waals surface area contributed by atoms with Gasteiger partial charge in [0.1, 0.15) is 12.0 Å². The van der Waals surface area contributed by atoms with Gasteiger partial charge in [-0.15, -0.1) is 0 Å². The van der Waals surface area contributed by atoms with Crippen LogP contribution in [0.25, 0.3) is 0 Å². The van der Waals surface area contributed by atoms with Crippen molar-refractivity contribution in [3.05, 3.63) is 62.5 Å². The average Bonchev–Trinajstić information content (AvgIpc) is 2.83. The number of methoxy groups -OCH3 is 1. The van der Waals surface area contributed by atoms with Crippen LogP contribution in [-0.4, -0.2) is 35.9 Å². The van der Waals surface area contributed by atoms with Gasteiger partial charge in [-0.05, 0) is 50.5 Å². The fraction of sp³-hybridized carbons (Fsp3) is 0.500. The van der Waals surface area contributed by atoms with Gasteiger partial charge in [0.2, 0.25) is 0 Å². The molecule has 1 fully saturated rings. The summed E-state index contributed by atoms with van der Waals surface area (Å²) >= 11 is 0. The fourth-order valence-corrected chi connectivity index (χ4v) is 5.50. The summed E-state index contributed by atoms with van der Waals surface area (Å²) in [6, 6.07) is 5.93. The smallest absolute Gasteiger partial charge is 0.337 e. The van der Waals surface area contributed by atoms with Gasteiger partial charge in [0.25, 0.3) is 5.69 Å². The molecule has 1 aliphatic heterocycles. The summed E-state index contributed by atoms with van der Waals surface area (Å²) in [5, 5.41) is 14.7. The van der Waals surface area contributed by atoms with Crippen LogP contribution in [0.1, 0.15) is 63.9 Å². The number of nitrogens with one attached hydrogen (secondary N) is 1. The number of rotatable bonds is 5. The number of non-ortho nitro benzene ring substituents is 1. The van der Waals surface area contributed by atoms with Crippen molar-refractivity contribution in [3.8, 4) is 0 Å². The number of allylic oxidation sites excluding steroid dienone is 3. The Labute approximate surface area is 203 Å². The maximum absolute atomic E-state index is 13.7. The summed E-state index contributed by atoms with van der Waals surface area (Å²) in [5.41, 5.74) is 1.93. The number of dihydropyridines is 1. The van der Waals surface area contributed by atoms with E-state index in [0.717, 1.165) is 32.1 Å². The molecule has 35 heavy (non-hydrogen) atoms. The molecule has 3 aliphatic rings. The molecule has 4 rings (SSSR count). The van der Waals surface area contributed by atoms with Crippen LogP contribution in [0.5, 0.6) is 0 Å². The molecule has 1 saturated carbocycles. The number of hydrogen-bond donors (Lipinski definition) is 1. The highest BCUT2D eigenvalue weighted by molar-refractivity contribution is 6.12. The zero-order valence-electron chi connectivity index (χ0n) is 20.2. The van der Waals surface area contributed by atoms with E-state index in [9.17, 15) is 24.5 Å². The van der Waals surface area contributed by atoms with Gasteiger partial charge in [0.05, 0.1) is 17.6 Å². The zero-order chi connectivity index (χ0) is 25.3. The second-order valence-corrected chi connectivity index (χ2v) is 9.55. The van der Waals surface area contributed by atoms with E-state index in [1.54, 1.807) is 19.9 Å². The highest BCUT2D eigenvalue weighted by Gasteiger charge is 2.47. The molecule has 186 valence electrons. The Bertz CT molecular complexity index is 1130. The highest BCUT2D eigenvalue weighted by atomic mass is 16.6. The van der Waals surface area contributed by atoms with Gasteiger partial charge in [-0.2, -0.15) is 0 Å². The van der Waals surface area contributed by atoms with Crippen LogP contribution in [0.3, 0.4) is 0 Å². The van der Waals surface area contributed by atoms with Crippen molar-refractivity contribution in [2.75, 3.05) is 7.11 Å². The normalized spacial score (nSPS) is 25.0. The van der Waals surface area contributed by atoms with Crippen LogP contribution in [0.15, 0.2) is 46.8 Å². The van der Waals surface area contributed by atoms with Crippen LogP contribution in [0, 0.1) is 22.0 Å². The molecule has 0 saturated heterocycles. The first kappa shape index (κ1) is 24.6. The number of esters is 2. The number of nitro benzene ring substituents is 1. The van der Waals surface area contributed by atoms with Gasteiger partial charge >= 0.3 is 11.9 Å². The number of hydrogen-bond acceptors (Lipinski definition) is 8. The third-order valence-electron chi connectivity index (χ3n) is 7.20. The Kier molecular flexibility index (Phi) is 7.05. The first-order valence-corrected chi connectivity index (χ1v) is 12.0. The first-order valence-electron chi connectivity index (χ1n) is 12.0. The van der Waals surface area contributed by atoms with Crippen molar-refractivity contribution in [2.45, 2.75) is 64.4 Å². The second-order valence-electron chi connectivity index (χ2n) is 9.55. The van der Waals surface area contributed by atoms with Crippen LogP contribution >= 0.6 is 0 Å². The molecule has 0 spiro atoms. The number of carbonyl (C=O) groups excluding carboxylic acids is 3. The Morgan fingerprint density at radius 1 is 1.17 bits per heavy atom. The molecule has 1 aromatic rings. The van der Waals surface area contributed by atoms with E-state index >= 15 is 0 Å². The topological polar surface area (TPSA) is 125 Å². The number of nitro groups is 1. The molecule has 0 amide bonds. The standard InChI is InChI=1S/C26H30N2O7/c1-14-12-19-23(24(29)20(14)25(30)34-3)22(16-8-7-9-17(13-16)28(32)33)21(15(2)27-19)26(31)35-18-10-5-4-6-11-18/h7-9,13-14,18,20,22,27H,4-6,10-12H2,1-3H3. The number of Topliss-reactive ketones (excluding diaryl/α,β-unsaturated/α-hetero) is 1. The maximum atomic E-state index is 13.7. The Balaban J connectivity index is 1.82. The molecule has 1 N–H and O–H groups in total. The quantitative estimate of drug-likeness (QED) is 0.288. The molecular formula is C26H30N2O7. The molecule has 0 radical (unpaired) electrons. The fourth-order valence-electron chi connectivity index (χ4n) is 5.50. The molecule has 1 heterocycles. The first-order chi connectivity index (χ1) is 16.7. The number of ether oxygens (including phenoxy) is 2. The minimum atomic E-state index is -1.02. The minimum absolute atomic E-state index is 0.151. The SMILES string of the molecule is COC(=O)C1C(=O)C2=C(CC1C)NC(C)=C(C(=O)OC1CCCCC1)C2c1cccc([N+](=O)[O-])c1. The highest BCUT2D eigenvalue weighted by Crippen LogP contribution is 2.46. The van der Waals surface area contributed by atoms with Crippen molar-refractivity contribution >= 4 is 23.4 Å². The summed E-state index contributed by atoms with van der Waals surface area (Å²) in [5.74, 6) is -3.85. The van der Waals surface area contributed by atoms with Crippen molar-refractivity contribution in [1.29, 1.82) is 0 Å². The Morgan fingerprint density at radius 2 is 1.89 bits per heavy atom. The molecule has 9 heteroatoms. The summed E-state index contributed by atoms with van der Waals surface area (Å²) in [6.45, 7) is 3.55. The average molecular weight is 483 g/mol. The van der Waals surface area contributed by atoms with E-state index in [0.29, 0.717) is 23.4 Å². The van der Waals surface area contributed by atoms with E-state index in [1.807, 2.05) is 0 Å².